The Bertz CT molecular complexity index is 724. The quantitative estimate of drug-likeness (QED) is 0.901. The topological polar surface area (TPSA) is 91.2 Å². The molecule has 1 saturated heterocycles. The number of halogens is 1. The van der Waals surface area contributed by atoms with Gasteiger partial charge in [0.2, 0.25) is 5.91 Å². The fourth-order valence-electron chi connectivity index (χ4n) is 2.88. The molecule has 3 rings (SSSR count). The molecule has 0 spiro atoms. The van der Waals surface area contributed by atoms with Gasteiger partial charge in [-0.1, -0.05) is 0 Å². The van der Waals surface area contributed by atoms with E-state index in [0.717, 1.165) is 18.5 Å². The molecular weight excluding hydrogens is 320 g/mol. The highest BCUT2D eigenvalue weighted by Gasteiger charge is 2.29. The number of aromatic nitrogens is 2. The van der Waals surface area contributed by atoms with Crippen LogP contribution in [0.4, 0.5) is 5.69 Å². The molecule has 0 bridgehead atoms. The van der Waals surface area contributed by atoms with Gasteiger partial charge in [-0.2, -0.15) is 5.10 Å². The molecule has 1 atom stereocenters. The molecule has 0 aliphatic carbocycles. The number of anilines is 1. The zero-order valence-corrected chi connectivity index (χ0v) is 13.4. The van der Waals surface area contributed by atoms with Crippen LogP contribution in [-0.4, -0.2) is 40.0 Å². The molecule has 2 aromatic heterocycles. The second kappa shape index (κ2) is 6.45. The summed E-state index contributed by atoms with van der Waals surface area (Å²) in [5.41, 5.74) is 1.51. The maximum absolute atomic E-state index is 12.5. The molecule has 7 nitrogen and oxygen atoms in total. The van der Waals surface area contributed by atoms with E-state index >= 15 is 0 Å². The van der Waals surface area contributed by atoms with Crippen molar-refractivity contribution in [3.8, 4) is 0 Å². The summed E-state index contributed by atoms with van der Waals surface area (Å²) in [4.78, 5) is 25.5. The molecule has 1 unspecified atom stereocenters. The molecule has 0 aromatic carbocycles. The van der Waals surface area contributed by atoms with Crippen LogP contribution in [0.2, 0.25) is 5.22 Å². The molecule has 122 valence electrons. The molecular formula is C15H17ClN4O3. The lowest BCUT2D eigenvalue weighted by Crippen LogP contribution is -2.39. The van der Waals surface area contributed by atoms with Gasteiger partial charge in [-0.3, -0.25) is 14.7 Å². The first kappa shape index (κ1) is 15.6. The second-order valence-electron chi connectivity index (χ2n) is 5.57. The number of nitrogens with one attached hydrogen (secondary N) is 2. The molecule has 2 N–H and O–H groups in total. The Morgan fingerprint density at radius 1 is 1.48 bits per heavy atom. The van der Waals surface area contributed by atoms with E-state index in [1.807, 2.05) is 0 Å². The van der Waals surface area contributed by atoms with Crippen LogP contribution < -0.4 is 5.32 Å². The summed E-state index contributed by atoms with van der Waals surface area (Å²) >= 11 is 5.73. The summed E-state index contributed by atoms with van der Waals surface area (Å²) in [7, 11) is 0. The summed E-state index contributed by atoms with van der Waals surface area (Å²) in [6, 6.07) is 3.13. The van der Waals surface area contributed by atoms with Crippen molar-refractivity contribution in [3.05, 3.63) is 35.0 Å². The summed E-state index contributed by atoms with van der Waals surface area (Å²) in [6.45, 7) is 2.65. The van der Waals surface area contributed by atoms with Crippen LogP contribution in [0.3, 0.4) is 0 Å². The molecule has 3 heterocycles. The number of hydrogen-bond acceptors (Lipinski definition) is 4. The average molecular weight is 337 g/mol. The van der Waals surface area contributed by atoms with Crippen LogP contribution >= 0.6 is 11.6 Å². The third kappa shape index (κ3) is 3.39. The van der Waals surface area contributed by atoms with E-state index in [1.165, 1.54) is 6.92 Å². The highest BCUT2D eigenvalue weighted by molar-refractivity contribution is 6.29. The monoisotopic (exact) mass is 336 g/mol. The molecule has 23 heavy (non-hydrogen) atoms. The fraction of sp³-hybridized carbons (Fsp3) is 0.400. The van der Waals surface area contributed by atoms with Crippen LogP contribution in [0.25, 0.3) is 0 Å². The largest absolute Gasteiger partial charge is 0.440 e. The van der Waals surface area contributed by atoms with E-state index in [9.17, 15) is 9.59 Å². The van der Waals surface area contributed by atoms with Crippen molar-refractivity contribution in [1.29, 1.82) is 0 Å². The summed E-state index contributed by atoms with van der Waals surface area (Å²) in [5.74, 6) is -0.00589. The molecule has 1 fully saturated rings. The minimum absolute atomic E-state index is 0.0856. The van der Waals surface area contributed by atoms with Gasteiger partial charge in [0.1, 0.15) is 0 Å². The fourth-order valence-corrected chi connectivity index (χ4v) is 3.03. The first-order valence-electron chi connectivity index (χ1n) is 7.40. The van der Waals surface area contributed by atoms with E-state index in [1.54, 1.807) is 23.2 Å². The standard InChI is InChI=1S/C15H17ClN4O3/c1-9(21)18-11-7-17-19-14(11)10-3-2-6-20(8-10)15(22)12-4-5-13(16)23-12/h4-5,7,10H,2-3,6,8H2,1H3,(H,17,19)(H,18,21). The van der Waals surface area contributed by atoms with E-state index in [-0.39, 0.29) is 28.7 Å². The molecule has 8 heteroatoms. The molecule has 2 aromatic rings. The van der Waals surface area contributed by atoms with Crippen LogP contribution in [0.1, 0.15) is 41.9 Å². The number of amides is 2. The van der Waals surface area contributed by atoms with E-state index < -0.39 is 0 Å². The summed E-state index contributed by atoms with van der Waals surface area (Å²) in [6.07, 6.45) is 3.37. The second-order valence-corrected chi connectivity index (χ2v) is 5.95. The molecule has 1 aliphatic rings. The van der Waals surface area contributed by atoms with Crippen molar-refractivity contribution in [3.63, 3.8) is 0 Å². The zero-order chi connectivity index (χ0) is 16.4. The molecule has 1 aliphatic heterocycles. The van der Waals surface area contributed by atoms with Gasteiger partial charge in [0, 0.05) is 25.9 Å². The maximum atomic E-state index is 12.5. The van der Waals surface area contributed by atoms with Crippen molar-refractivity contribution < 1.29 is 14.0 Å². The number of H-pyrrole nitrogens is 1. The molecule has 0 saturated carbocycles. The average Bonchev–Trinajstić information content (AvgIpc) is 3.15. The van der Waals surface area contributed by atoms with Crippen molar-refractivity contribution in [1.82, 2.24) is 15.1 Å². The van der Waals surface area contributed by atoms with Gasteiger partial charge in [0.05, 0.1) is 17.6 Å². The summed E-state index contributed by atoms with van der Waals surface area (Å²) in [5, 5.41) is 9.89. The number of hydrogen-bond donors (Lipinski definition) is 2. The highest BCUT2D eigenvalue weighted by Crippen LogP contribution is 2.31. The number of furan rings is 1. The predicted molar refractivity (Wildman–Crippen MR) is 84.5 cm³/mol. The number of carbonyl (C=O) groups excluding carboxylic acids is 2. The molecule has 2 amide bonds. The Kier molecular flexibility index (Phi) is 4.38. The molecule has 0 radical (unpaired) electrons. The lowest BCUT2D eigenvalue weighted by atomic mass is 9.94. The van der Waals surface area contributed by atoms with Crippen molar-refractivity contribution in [2.24, 2.45) is 0 Å². The predicted octanol–water partition coefficient (Wildman–Crippen LogP) is 2.63. The summed E-state index contributed by atoms with van der Waals surface area (Å²) < 4.78 is 5.20. The Hall–Kier alpha value is -2.28. The van der Waals surface area contributed by atoms with Crippen LogP contribution in [0, 0.1) is 0 Å². The Labute approximate surface area is 138 Å². The van der Waals surface area contributed by atoms with Gasteiger partial charge in [-0.25, -0.2) is 0 Å². The smallest absolute Gasteiger partial charge is 0.289 e. The normalized spacial score (nSPS) is 18.0. The lowest BCUT2D eigenvalue weighted by molar-refractivity contribution is -0.114. The van der Waals surface area contributed by atoms with Gasteiger partial charge in [0.25, 0.3) is 5.91 Å². The van der Waals surface area contributed by atoms with Crippen molar-refractivity contribution in [2.75, 3.05) is 18.4 Å². The maximum Gasteiger partial charge on any atom is 0.289 e. The number of nitrogens with zero attached hydrogens (tertiary/aromatic N) is 2. The van der Waals surface area contributed by atoms with E-state index in [0.29, 0.717) is 18.8 Å². The van der Waals surface area contributed by atoms with Crippen LogP contribution in [0.5, 0.6) is 0 Å². The van der Waals surface area contributed by atoms with Crippen molar-refractivity contribution in [2.45, 2.75) is 25.7 Å². The SMILES string of the molecule is CC(=O)Nc1cn[nH]c1C1CCCN(C(=O)c2ccc(Cl)o2)C1. The third-order valence-electron chi connectivity index (χ3n) is 3.88. The van der Waals surface area contributed by atoms with Crippen LogP contribution in [0.15, 0.2) is 22.7 Å². The Morgan fingerprint density at radius 3 is 3.00 bits per heavy atom. The third-order valence-corrected chi connectivity index (χ3v) is 4.08. The number of piperidine rings is 1. The first-order chi connectivity index (χ1) is 11.0. The van der Waals surface area contributed by atoms with Gasteiger partial charge < -0.3 is 14.6 Å². The van der Waals surface area contributed by atoms with Gasteiger partial charge in [0.15, 0.2) is 11.0 Å². The van der Waals surface area contributed by atoms with Gasteiger partial charge in [-0.05, 0) is 36.6 Å². The minimum Gasteiger partial charge on any atom is -0.440 e. The first-order valence-corrected chi connectivity index (χ1v) is 7.78. The van der Waals surface area contributed by atoms with E-state index in [4.69, 9.17) is 16.0 Å². The van der Waals surface area contributed by atoms with Gasteiger partial charge in [-0.15, -0.1) is 0 Å². The van der Waals surface area contributed by atoms with Crippen LogP contribution in [-0.2, 0) is 4.79 Å². The number of rotatable bonds is 3. The van der Waals surface area contributed by atoms with Gasteiger partial charge >= 0.3 is 0 Å². The highest BCUT2D eigenvalue weighted by atomic mass is 35.5. The lowest BCUT2D eigenvalue weighted by Gasteiger charge is -2.32. The minimum atomic E-state index is -0.179. The number of aromatic amines is 1. The number of likely N-dealkylation sites (tertiary alicyclic amines) is 1. The number of carbonyl (C=O) groups is 2. The Morgan fingerprint density at radius 2 is 2.30 bits per heavy atom. The van der Waals surface area contributed by atoms with E-state index in [2.05, 4.69) is 15.5 Å². The Balaban J connectivity index is 1.75. The van der Waals surface area contributed by atoms with Crippen molar-refractivity contribution >= 4 is 29.1 Å². The zero-order valence-electron chi connectivity index (χ0n) is 12.6.